The van der Waals surface area contributed by atoms with Crippen LogP contribution in [0.15, 0.2) is 55.3 Å². The lowest BCUT2D eigenvalue weighted by Crippen LogP contribution is -2.23. The molecule has 0 saturated carbocycles. The number of pyridine rings is 1. The minimum absolute atomic E-state index is 0.152. The van der Waals surface area contributed by atoms with Gasteiger partial charge in [-0.15, -0.1) is 6.58 Å². The van der Waals surface area contributed by atoms with E-state index in [0.717, 1.165) is 24.5 Å². The number of nitrogens with zero attached hydrogens (tertiary/aromatic N) is 1. The summed E-state index contributed by atoms with van der Waals surface area (Å²) in [4.78, 5) is 16.0. The van der Waals surface area contributed by atoms with Crippen LogP contribution in [0.5, 0.6) is 5.75 Å². The van der Waals surface area contributed by atoms with E-state index in [9.17, 15) is 4.79 Å². The number of hydrogen-bond acceptors (Lipinski definition) is 4. The number of ether oxygens (including phenoxy) is 1. The zero-order valence-electron chi connectivity index (χ0n) is 13.2. The molecule has 5 nitrogen and oxygen atoms in total. The molecule has 0 saturated heterocycles. The van der Waals surface area contributed by atoms with Gasteiger partial charge in [0.2, 0.25) is 0 Å². The first-order valence-electron chi connectivity index (χ1n) is 7.45. The summed E-state index contributed by atoms with van der Waals surface area (Å²) in [7, 11) is 1.66. The van der Waals surface area contributed by atoms with Gasteiger partial charge in [0.15, 0.2) is 0 Å². The standard InChI is InChI=1S/C18H21N3O2/c1-3-10-20-18(22)15-7-8-17(21-13-15)19-11-9-14-5-4-6-16(12-14)23-2/h3-8,12-13H,1,9-11H2,2H3,(H,19,21)(H,20,22). The Kier molecular flexibility index (Phi) is 6.17. The third-order valence-corrected chi connectivity index (χ3v) is 3.29. The van der Waals surface area contributed by atoms with E-state index in [0.29, 0.717) is 12.1 Å². The van der Waals surface area contributed by atoms with Crippen molar-refractivity contribution in [3.8, 4) is 5.75 Å². The van der Waals surface area contributed by atoms with Crippen molar-refractivity contribution in [1.82, 2.24) is 10.3 Å². The Morgan fingerprint density at radius 3 is 2.91 bits per heavy atom. The predicted octanol–water partition coefficient (Wildman–Crippen LogP) is 2.66. The van der Waals surface area contributed by atoms with E-state index in [1.165, 1.54) is 5.56 Å². The van der Waals surface area contributed by atoms with Crippen molar-refractivity contribution in [2.45, 2.75) is 6.42 Å². The third kappa shape index (κ3) is 5.14. The van der Waals surface area contributed by atoms with Gasteiger partial charge in [0.25, 0.3) is 5.91 Å². The summed E-state index contributed by atoms with van der Waals surface area (Å²) in [6.45, 7) is 4.76. The van der Waals surface area contributed by atoms with Gasteiger partial charge in [-0.1, -0.05) is 18.2 Å². The second kappa shape index (κ2) is 8.58. The summed E-state index contributed by atoms with van der Waals surface area (Å²) in [5.41, 5.74) is 1.72. The zero-order valence-corrected chi connectivity index (χ0v) is 13.2. The van der Waals surface area contributed by atoms with E-state index < -0.39 is 0 Å². The van der Waals surface area contributed by atoms with Gasteiger partial charge in [0, 0.05) is 19.3 Å². The van der Waals surface area contributed by atoms with Gasteiger partial charge < -0.3 is 15.4 Å². The molecule has 0 atom stereocenters. The molecule has 0 aliphatic rings. The Hall–Kier alpha value is -2.82. The SMILES string of the molecule is C=CCNC(=O)c1ccc(NCCc2cccc(OC)c2)nc1. The number of anilines is 1. The molecule has 1 amide bonds. The fraction of sp³-hybridized carbons (Fsp3) is 0.222. The summed E-state index contributed by atoms with van der Waals surface area (Å²) in [5, 5.41) is 5.95. The van der Waals surface area contributed by atoms with Gasteiger partial charge in [-0.3, -0.25) is 4.79 Å². The molecule has 1 aromatic heterocycles. The zero-order chi connectivity index (χ0) is 16.5. The van der Waals surface area contributed by atoms with Crippen molar-refractivity contribution >= 4 is 11.7 Å². The number of rotatable bonds is 8. The van der Waals surface area contributed by atoms with Crippen LogP contribution in [0.3, 0.4) is 0 Å². The van der Waals surface area contributed by atoms with E-state index in [1.54, 1.807) is 31.5 Å². The molecular formula is C18H21N3O2. The van der Waals surface area contributed by atoms with Gasteiger partial charge in [0.1, 0.15) is 11.6 Å². The summed E-state index contributed by atoms with van der Waals surface area (Å²) >= 11 is 0. The van der Waals surface area contributed by atoms with E-state index in [4.69, 9.17) is 4.74 Å². The highest BCUT2D eigenvalue weighted by molar-refractivity contribution is 5.94. The van der Waals surface area contributed by atoms with Crippen LogP contribution >= 0.6 is 0 Å². The highest BCUT2D eigenvalue weighted by Gasteiger charge is 2.04. The summed E-state index contributed by atoms with van der Waals surface area (Å²) in [6, 6.07) is 11.5. The predicted molar refractivity (Wildman–Crippen MR) is 92.0 cm³/mol. The fourth-order valence-corrected chi connectivity index (χ4v) is 2.06. The molecule has 2 N–H and O–H groups in total. The summed E-state index contributed by atoms with van der Waals surface area (Å²) in [6.07, 6.45) is 4.06. The molecule has 0 radical (unpaired) electrons. The van der Waals surface area contributed by atoms with E-state index in [-0.39, 0.29) is 5.91 Å². The molecule has 0 spiro atoms. The Bertz CT molecular complexity index is 654. The molecule has 5 heteroatoms. The number of hydrogen-bond donors (Lipinski definition) is 2. The Morgan fingerprint density at radius 2 is 2.22 bits per heavy atom. The van der Waals surface area contributed by atoms with Gasteiger partial charge in [-0.25, -0.2) is 4.98 Å². The second-order valence-electron chi connectivity index (χ2n) is 4.96. The molecule has 0 aliphatic heterocycles. The molecule has 1 heterocycles. The molecule has 2 rings (SSSR count). The van der Waals surface area contributed by atoms with Crippen LogP contribution in [-0.2, 0) is 6.42 Å². The molecule has 120 valence electrons. The quantitative estimate of drug-likeness (QED) is 0.736. The molecule has 0 aliphatic carbocycles. The smallest absolute Gasteiger partial charge is 0.253 e. The first kappa shape index (κ1) is 16.5. The van der Waals surface area contributed by atoms with Crippen LogP contribution in [0.25, 0.3) is 0 Å². The maximum atomic E-state index is 11.7. The Labute approximate surface area is 136 Å². The van der Waals surface area contributed by atoms with Crippen molar-refractivity contribution in [2.24, 2.45) is 0 Å². The molecular weight excluding hydrogens is 290 g/mol. The number of benzene rings is 1. The molecule has 0 unspecified atom stereocenters. The number of methoxy groups -OCH3 is 1. The first-order valence-corrected chi connectivity index (χ1v) is 7.45. The van der Waals surface area contributed by atoms with Crippen LogP contribution in [0.4, 0.5) is 5.82 Å². The summed E-state index contributed by atoms with van der Waals surface area (Å²) in [5.74, 6) is 1.45. The van der Waals surface area contributed by atoms with Crippen LogP contribution in [0.2, 0.25) is 0 Å². The van der Waals surface area contributed by atoms with E-state index in [1.807, 2.05) is 18.2 Å². The van der Waals surface area contributed by atoms with Crippen molar-refractivity contribution in [1.29, 1.82) is 0 Å². The second-order valence-corrected chi connectivity index (χ2v) is 4.96. The van der Waals surface area contributed by atoms with Crippen LogP contribution in [0.1, 0.15) is 15.9 Å². The maximum Gasteiger partial charge on any atom is 0.253 e. The molecule has 1 aromatic carbocycles. The largest absolute Gasteiger partial charge is 0.497 e. The number of carbonyl (C=O) groups excluding carboxylic acids is 1. The lowest BCUT2D eigenvalue weighted by Gasteiger charge is -2.08. The minimum Gasteiger partial charge on any atom is -0.497 e. The Morgan fingerprint density at radius 1 is 1.35 bits per heavy atom. The maximum absolute atomic E-state index is 11.7. The van der Waals surface area contributed by atoms with Gasteiger partial charge in [-0.05, 0) is 36.2 Å². The highest BCUT2D eigenvalue weighted by Crippen LogP contribution is 2.13. The van der Waals surface area contributed by atoms with Crippen LogP contribution in [-0.4, -0.2) is 31.1 Å². The van der Waals surface area contributed by atoms with Gasteiger partial charge in [0.05, 0.1) is 12.7 Å². The van der Waals surface area contributed by atoms with Crippen molar-refractivity contribution in [3.63, 3.8) is 0 Å². The number of amides is 1. The monoisotopic (exact) mass is 311 g/mol. The van der Waals surface area contributed by atoms with E-state index in [2.05, 4.69) is 28.3 Å². The highest BCUT2D eigenvalue weighted by atomic mass is 16.5. The van der Waals surface area contributed by atoms with Crippen LogP contribution < -0.4 is 15.4 Å². The normalized spacial score (nSPS) is 9.96. The van der Waals surface area contributed by atoms with Crippen LogP contribution in [0, 0.1) is 0 Å². The molecule has 0 fully saturated rings. The van der Waals surface area contributed by atoms with Gasteiger partial charge in [-0.2, -0.15) is 0 Å². The first-order chi connectivity index (χ1) is 11.2. The van der Waals surface area contributed by atoms with Gasteiger partial charge >= 0.3 is 0 Å². The molecule has 0 bridgehead atoms. The molecule has 23 heavy (non-hydrogen) atoms. The van der Waals surface area contributed by atoms with Crippen molar-refractivity contribution in [2.75, 3.05) is 25.5 Å². The lowest BCUT2D eigenvalue weighted by atomic mass is 10.1. The average Bonchev–Trinajstić information content (AvgIpc) is 2.60. The lowest BCUT2D eigenvalue weighted by molar-refractivity contribution is 0.0957. The summed E-state index contributed by atoms with van der Waals surface area (Å²) < 4.78 is 5.21. The third-order valence-electron chi connectivity index (χ3n) is 3.29. The minimum atomic E-state index is -0.152. The number of nitrogens with one attached hydrogen (secondary N) is 2. The van der Waals surface area contributed by atoms with Crippen molar-refractivity contribution in [3.05, 3.63) is 66.4 Å². The van der Waals surface area contributed by atoms with E-state index >= 15 is 0 Å². The fourth-order valence-electron chi connectivity index (χ4n) is 2.06. The van der Waals surface area contributed by atoms with Crippen molar-refractivity contribution < 1.29 is 9.53 Å². The number of aromatic nitrogens is 1. The Balaban J connectivity index is 1.84. The molecule has 2 aromatic rings. The topological polar surface area (TPSA) is 63.2 Å². The number of carbonyl (C=O) groups is 1. The average molecular weight is 311 g/mol.